The summed E-state index contributed by atoms with van der Waals surface area (Å²) in [6, 6.07) is 9.12. The summed E-state index contributed by atoms with van der Waals surface area (Å²) in [6.45, 7) is 8.01. The molecule has 3 unspecified atom stereocenters. The van der Waals surface area contributed by atoms with E-state index in [1.807, 2.05) is 0 Å². The van der Waals surface area contributed by atoms with Gasteiger partial charge in [0.2, 0.25) is 0 Å². The number of fused-ring (bicyclic) bond motifs is 3. The molecule has 2 aliphatic rings. The van der Waals surface area contributed by atoms with Gasteiger partial charge in [0.25, 0.3) is 0 Å². The molecule has 0 aliphatic carbocycles. The number of nitrogens with zero attached hydrogens (tertiary/aromatic N) is 3. The van der Waals surface area contributed by atoms with Crippen molar-refractivity contribution >= 4 is 11.0 Å². The van der Waals surface area contributed by atoms with Crippen molar-refractivity contribution in [1.29, 1.82) is 0 Å². The Morgan fingerprint density at radius 2 is 2.19 bits per heavy atom. The number of benzene rings is 1. The van der Waals surface area contributed by atoms with Crippen molar-refractivity contribution in [2.24, 2.45) is 5.92 Å². The zero-order valence-electron chi connectivity index (χ0n) is 12.8. The van der Waals surface area contributed by atoms with Crippen molar-refractivity contribution < 1.29 is 0 Å². The molecule has 21 heavy (non-hydrogen) atoms. The molecule has 4 nitrogen and oxygen atoms in total. The van der Waals surface area contributed by atoms with Crippen LogP contribution in [0, 0.1) is 12.8 Å². The number of rotatable bonds is 4. The van der Waals surface area contributed by atoms with Crippen LogP contribution in [0.3, 0.4) is 0 Å². The van der Waals surface area contributed by atoms with E-state index in [2.05, 4.69) is 51.0 Å². The Hall–Kier alpha value is -1.39. The van der Waals surface area contributed by atoms with Crippen LogP contribution in [0.2, 0.25) is 0 Å². The molecule has 0 spiro atoms. The van der Waals surface area contributed by atoms with Crippen molar-refractivity contribution in [3.63, 3.8) is 0 Å². The minimum atomic E-state index is 0.697. The van der Waals surface area contributed by atoms with Crippen LogP contribution in [-0.4, -0.2) is 46.7 Å². The van der Waals surface area contributed by atoms with Crippen molar-refractivity contribution in [3.8, 4) is 0 Å². The van der Waals surface area contributed by atoms with E-state index in [4.69, 9.17) is 0 Å². The van der Waals surface area contributed by atoms with Gasteiger partial charge in [0.1, 0.15) is 5.82 Å². The third-order valence-corrected chi connectivity index (χ3v) is 5.15. The van der Waals surface area contributed by atoms with E-state index in [0.29, 0.717) is 6.04 Å². The monoisotopic (exact) mass is 284 g/mol. The highest BCUT2D eigenvalue weighted by Crippen LogP contribution is 2.26. The maximum absolute atomic E-state index is 4.64. The van der Waals surface area contributed by atoms with E-state index < -0.39 is 0 Å². The molecule has 0 amide bonds. The normalized spacial score (nSPS) is 28.3. The van der Waals surface area contributed by atoms with Gasteiger partial charge in [-0.2, -0.15) is 0 Å². The third kappa shape index (κ3) is 2.47. The number of hydrogen-bond acceptors (Lipinski definition) is 3. The molecule has 2 bridgehead atoms. The van der Waals surface area contributed by atoms with Crippen LogP contribution < -0.4 is 5.32 Å². The van der Waals surface area contributed by atoms with Gasteiger partial charge in [-0.05, 0) is 44.4 Å². The Morgan fingerprint density at radius 1 is 1.29 bits per heavy atom. The molecule has 1 N–H and O–H groups in total. The number of hydrogen-bond donors (Lipinski definition) is 1. The molecule has 1 aromatic carbocycles. The Labute approximate surface area is 126 Å². The van der Waals surface area contributed by atoms with Gasteiger partial charge in [0.15, 0.2) is 0 Å². The van der Waals surface area contributed by atoms with Gasteiger partial charge in [0, 0.05) is 32.2 Å². The van der Waals surface area contributed by atoms with Gasteiger partial charge < -0.3 is 14.8 Å². The molecule has 3 atom stereocenters. The molecule has 2 saturated heterocycles. The quantitative estimate of drug-likeness (QED) is 0.932. The first kappa shape index (κ1) is 13.3. The molecular weight excluding hydrogens is 260 g/mol. The maximum atomic E-state index is 4.64. The SMILES string of the molecule is Cc1nc2ccccc2n1CCNC1CN2CCCC1C2. The molecule has 0 radical (unpaired) electrons. The van der Waals surface area contributed by atoms with E-state index in [9.17, 15) is 0 Å². The molecule has 1 aromatic heterocycles. The highest BCUT2D eigenvalue weighted by Gasteiger charge is 2.34. The fourth-order valence-corrected chi connectivity index (χ4v) is 4.08. The van der Waals surface area contributed by atoms with Crippen LogP contribution in [0.25, 0.3) is 11.0 Å². The fraction of sp³-hybridized carbons (Fsp3) is 0.588. The highest BCUT2D eigenvalue weighted by atomic mass is 15.2. The summed E-state index contributed by atoms with van der Waals surface area (Å²) in [5.41, 5.74) is 2.36. The Kier molecular flexibility index (Phi) is 3.43. The van der Waals surface area contributed by atoms with Gasteiger partial charge in [-0.15, -0.1) is 0 Å². The largest absolute Gasteiger partial charge is 0.327 e. The second kappa shape index (κ2) is 5.43. The van der Waals surface area contributed by atoms with Crippen molar-refractivity contribution in [3.05, 3.63) is 30.1 Å². The number of nitrogens with one attached hydrogen (secondary N) is 1. The molecule has 4 heteroatoms. The summed E-state index contributed by atoms with van der Waals surface area (Å²) >= 11 is 0. The smallest absolute Gasteiger partial charge is 0.106 e. The van der Waals surface area contributed by atoms with Gasteiger partial charge in [0.05, 0.1) is 11.0 Å². The predicted octanol–water partition coefficient (Wildman–Crippen LogP) is 2.03. The molecule has 3 heterocycles. The predicted molar refractivity (Wildman–Crippen MR) is 85.4 cm³/mol. The number of aromatic nitrogens is 2. The minimum Gasteiger partial charge on any atom is -0.327 e. The van der Waals surface area contributed by atoms with Crippen molar-refractivity contribution in [1.82, 2.24) is 19.8 Å². The third-order valence-electron chi connectivity index (χ3n) is 5.15. The first-order valence-electron chi connectivity index (χ1n) is 8.19. The van der Waals surface area contributed by atoms with Gasteiger partial charge in [-0.1, -0.05) is 12.1 Å². The summed E-state index contributed by atoms with van der Waals surface area (Å²) in [5.74, 6) is 1.99. The summed E-state index contributed by atoms with van der Waals surface area (Å²) in [5, 5.41) is 3.79. The summed E-state index contributed by atoms with van der Waals surface area (Å²) in [7, 11) is 0. The summed E-state index contributed by atoms with van der Waals surface area (Å²) in [4.78, 5) is 7.26. The average Bonchev–Trinajstić information content (AvgIpc) is 2.96. The van der Waals surface area contributed by atoms with Crippen molar-refractivity contribution in [2.45, 2.75) is 32.4 Å². The van der Waals surface area contributed by atoms with Crippen LogP contribution in [0.5, 0.6) is 0 Å². The standard InChI is InChI=1S/C17H24N4/c1-13-19-15-6-2-3-7-17(15)21(13)10-8-18-16-12-20-9-4-5-14(16)11-20/h2-3,6-7,14,16,18H,4-5,8-12H2,1H3. The number of imidazole rings is 1. The zero-order chi connectivity index (χ0) is 14.2. The number of piperidine rings is 1. The lowest BCUT2D eigenvalue weighted by Crippen LogP contribution is -2.37. The first-order valence-corrected chi connectivity index (χ1v) is 8.19. The lowest BCUT2D eigenvalue weighted by Gasteiger charge is -2.22. The van der Waals surface area contributed by atoms with Crippen LogP contribution in [-0.2, 0) is 6.54 Å². The van der Waals surface area contributed by atoms with Gasteiger partial charge in [-0.3, -0.25) is 0 Å². The van der Waals surface area contributed by atoms with E-state index in [1.54, 1.807) is 0 Å². The second-order valence-corrected chi connectivity index (χ2v) is 6.52. The molecule has 2 aliphatic heterocycles. The Morgan fingerprint density at radius 3 is 3.10 bits per heavy atom. The summed E-state index contributed by atoms with van der Waals surface area (Å²) in [6.07, 6.45) is 2.79. The first-order chi connectivity index (χ1) is 10.3. The second-order valence-electron chi connectivity index (χ2n) is 6.52. The van der Waals surface area contributed by atoms with E-state index in [0.717, 1.165) is 30.3 Å². The lowest BCUT2D eigenvalue weighted by atomic mass is 9.97. The Bertz CT molecular complexity index is 633. The minimum absolute atomic E-state index is 0.697. The van der Waals surface area contributed by atoms with E-state index >= 15 is 0 Å². The zero-order valence-corrected chi connectivity index (χ0v) is 12.8. The molecular formula is C17H24N4. The number of para-hydroxylation sites is 2. The van der Waals surface area contributed by atoms with Crippen molar-refractivity contribution in [2.75, 3.05) is 26.2 Å². The van der Waals surface area contributed by atoms with Gasteiger partial charge >= 0.3 is 0 Å². The molecule has 0 saturated carbocycles. The molecule has 4 rings (SSSR count). The average molecular weight is 284 g/mol. The highest BCUT2D eigenvalue weighted by molar-refractivity contribution is 5.75. The van der Waals surface area contributed by atoms with Crippen LogP contribution >= 0.6 is 0 Å². The molecule has 2 fully saturated rings. The van der Waals surface area contributed by atoms with Gasteiger partial charge in [-0.25, -0.2) is 4.98 Å². The van der Waals surface area contributed by atoms with E-state index in [-0.39, 0.29) is 0 Å². The topological polar surface area (TPSA) is 33.1 Å². The van der Waals surface area contributed by atoms with Crippen LogP contribution in [0.1, 0.15) is 18.7 Å². The number of aryl methyl sites for hydroxylation is 1. The summed E-state index contributed by atoms with van der Waals surface area (Å²) < 4.78 is 2.34. The maximum Gasteiger partial charge on any atom is 0.106 e. The fourth-order valence-electron chi connectivity index (χ4n) is 4.08. The van der Waals surface area contributed by atoms with Crippen LogP contribution in [0.4, 0.5) is 0 Å². The molecule has 2 aromatic rings. The Balaban J connectivity index is 1.41. The molecule has 112 valence electrons. The van der Waals surface area contributed by atoms with Crippen LogP contribution in [0.15, 0.2) is 24.3 Å². The lowest BCUT2D eigenvalue weighted by molar-refractivity contribution is 0.269. The van der Waals surface area contributed by atoms with E-state index in [1.165, 1.54) is 38.0 Å².